The zero-order chi connectivity index (χ0) is 15.1. The van der Waals surface area contributed by atoms with Crippen LogP contribution in [-0.2, 0) is 10.0 Å². The molecule has 0 amide bonds. The summed E-state index contributed by atoms with van der Waals surface area (Å²) in [5.41, 5.74) is 8.45. The van der Waals surface area contributed by atoms with Crippen LogP contribution in [0, 0.1) is 20.8 Å². The fourth-order valence-corrected chi connectivity index (χ4v) is 3.57. The van der Waals surface area contributed by atoms with Gasteiger partial charge in [0.2, 0.25) is 0 Å². The molecule has 0 bridgehead atoms. The third kappa shape index (κ3) is 2.59. The van der Waals surface area contributed by atoms with Crippen molar-refractivity contribution in [3.63, 3.8) is 0 Å². The molecule has 0 unspecified atom stereocenters. The summed E-state index contributed by atoms with van der Waals surface area (Å²) in [5.74, 6) is 0. The zero-order valence-electron chi connectivity index (χ0n) is 11.3. The van der Waals surface area contributed by atoms with E-state index in [1.807, 2.05) is 0 Å². The topological polar surface area (TPSA) is 101 Å². The summed E-state index contributed by atoms with van der Waals surface area (Å²) in [7, 11) is -3.82. The molecular weight excluding hydrogens is 300 g/mol. The number of aromatic nitrogens is 2. The van der Waals surface area contributed by atoms with E-state index in [1.54, 1.807) is 20.8 Å². The Morgan fingerprint density at radius 3 is 2.50 bits per heavy atom. The summed E-state index contributed by atoms with van der Waals surface area (Å²) in [6, 6.07) is 2.88. The summed E-state index contributed by atoms with van der Waals surface area (Å²) in [6.07, 6.45) is 0. The Morgan fingerprint density at radius 2 is 1.95 bits per heavy atom. The van der Waals surface area contributed by atoms with Crippen LogP contribution in [0.15, 0.2) is 17.0 Å². The van der Waals surface area contributed by atoms with Crippen LogP contribution < -0.4 is 10.5 Å². The molecular formula is C12H15ClN4O2S. The molecule has 0 saturated carbocycles. The van der Waals surface area contributed by atoms with Crippen molar-refractivity contribution in [1.82, 2.24) is 10.2 Å². The first-order valence-electron chi connectivity index (χ1n) is 5.82. The average molecular weight is 315 g/mol. The number of sulfonamides is 1. The highest BCUT2D eigenvalue weighted by Crippen LogP contribution is 2.29. The van der Waals surface area contributed by atoms with Gasteiger partial charge in [-0.15, -0.1) is 0 Å². The molecule has 6 nitrogen and oxygen atoms in total. The number of benzene rings is 1. The number of aryl methyl sites for hydroxylation is 3. The largest absolute Gasteiger partial charge is 0.398 e. The molecule has 0 fully saturated rings. The van der Waals surface area contributed by atoms with Crippen molar-refractivity contribution in [1.29, 1.82) is 0 Å². The number of anilines is 2. The molecule has 8 heteroatoms. The predicted molar refractivity (Wildman–Crippen MR) is 79.5 cm³/mol. The van der Waals surface area contributed by atoms with Gasteiger partial charge in [-0.1, -0.05) is 11.6 Å². The molecule has 2 aromatic rings. The van der Waals surface area contributed by atoms with E-state index in [4.69, 9.17) is 17.3 Å². The number of rotatable bonds is 3. The molecule has 0 aliphatic carbocycles. The van der Waals surface area contributed by atoms with Crippen LogP contribution in [0.2, 0.25) is 5.02 Å². The number of aromatic amines is 1. The van der Waals surface area contributed by atoms with Crippen LogP contribution in [0.3, 0.4) is 0 Å². The van der Waals surface area contributed by atoms with Crippen molar-refractivity contribution >= 4 is 33.0 Å². The number of hydrogen-bond donors (Lipinski definition) is 3. The van der Waals surface area contributed by atoms with Crippen LogP contribution >= 0.6 is 11.6 Å². The van der Waals surface area contributed by atoms with E-state index >= 15 is 0 Å². The molecule has 108 valence electrons. The molecule has 2 rings (SSSR count). The lowest BCUT2D eigenvalue weighted by atomic mass is 10.2. The van der Waals surface area contributed by atoms with Crippen LogP contribution in [-0.4, -0.2) is 18.6 Å². The second-order valence-electron chi connectivity index (χ2n) is 4.55. The minimum atomic E-state index is -3.82. The molecule has 0 aliphatic rings. The van der Waals surface area contributed by atoms with Gasteiger partial charge in [-0.25, -0.2) is 8.42 Å². The maximum Gasteiger partial charge on any atom is 0.263 e. The lowest BCUT2D eigenvalue weighted by Gasteiger charge is -2.11. The first-order valence-corrected chi connectivity index (χ1v) is 7.68. The maximum absolute atomic E-state index is 12.4. The van der Waals surface area contributed by atoms with Gasteiger partial charge in [0.15, 0.2) is 0 Å². The van der Waals surface area contributed by atoms with Gasteiger partial charge >= 0.3 is 0 Å². The molecule has 20 heavy (non-hydrogen) atoms. The Labute approximate surface area is 122 Å². The van der Waals surface area contributed by atoms with Gasteiger partial charge in [-0.3, -0.25) is 9.82 Å². The second-order valence-corrected chi connectivity index (χ2v) is 6.61. The standard InChI is InChI=1S/C12H15ClN4O2S/c1-6-4-9(13)11(5-10(6)14)20(18,19)17-12-7(2)15-16-8(12)3/h4-5,17H,14H2,1-3H3,(H,15,16). The minimum Gasteiger partial charge on any atom is -0.398 e. The van der Waals surface area contributed by atoms with E-state index in [1.165, 1.54) is 12.1 Å². The first kappa shape index (κ1) is 14.7. The van der Waals surface area contributed by atoms with Gasteiger partial charge in [-0.05, 0) is 38.5 Å². The number of H-pyrrole nitrogens is 1. The number of nitrogen functional groups attached to an aromatic ring is 1. The second kappa shape index (κ2) is 4.99. The molecule has 1 aromatic heterocycles. The van der Waals surface area contributed by atoms with Gasteiger partial charge in [0.25, 0.3) is 10.0 Å². The van der Waals surface area contributed by atoms with E-state index in [2.05, 4.69) is 14.9 Å². The number of nitrogens with zero attached hydrogens (tertiary/aromatic N) is 1. The van der Waals surface area contributed by atoms with Crippen LogP contribution in [0.5, 0.6) is 0 Å². The van der Waals surface area contributed by atoms with Crippen molar-refractivity contribution in [3.8, 4) is 0 Å². The van der Waals surface area contributed by atoms with E-state index in [0.717, 1.165) is 5.56 Å². The smallest absolute Gasteiger partial charge is 0.263 e. The molecule has 0 radical (unpaired) electrons. The Hall–Kier alpha value is -1.73. The summed E-state index contributed by atoms with van der Waals surface area (Å²) in [5, 5.41) is 6.78. The van der Waals surface area contributed by atoms with Crippen molar-refractivity contribution < 1.29 is 8.42 Å². The lowest BCUT2D eigenvalue weighted by molar-refractivity contribution is 0.601. The summed E-state index contributed by atoms with van der Waals surface area (Å²) in [6.45, 7) is 5.19. The third-order valence-electron chi connectivity index (χ3n) is 2.97. The molecule has 4 N–H and O–H groups in total. The third-order valence-corrected chi connectivity index (χ3v) is 4.79. The Morgan fingerprint density at radius 1 is 1.30 bits per heavy atom. The quantitative estimate of drug-likeness (QED) is 0.757. The van der Waals surface area contributed by atoms with Crippen molar-refractivity contribution in [3.05, 3.63) is 34.1 Å². The summed E-state index contributed by atoms with van der Waals surface area (Å²) in [4.78, 5) is -0.0535. The van der Waals surface area contributed by atoms with Crippen molar-refractivity contribution in [2.75, 3.05) is 10.5 Å². The highest BCUT2D eigenvalue weighted by molar-refractivity contribution is 7.92. The summed E-state index contributed by atoms with van der Waals surface area (Å²) < 4.78 is 27.3. The van der Waals surface area contributed by atoms with Crippen LogP contribution in [0.1, 0.15) is 17.0 Å². The maximum atomic E-state index is 12.4. The highest BCUT2D eigenvalue weighted by atomic mass is 35.5. The molecule has 0 spiro atoms. The van der Waals surface area contributed by atoms with Gasteiger partial charge in [0, 0.05) is 5.69 Å². The molecule has 0 saturated heterocycles. The van der Waals surface area contributed by atoms with Gasteiger partial charge in [0.05, 0.1) is 22.1 Å². The Bertz CT molecular complexity index is 749. The van der Waals surface area contributed by atoms with Crippen molar-refractivity contribution in [2.24, 2.45) is 0 Å². The first-order chi connectivity index (χ1) is 9.22. The molecule has 0 atom stereocenters. The van der Waals surface area contributed by atoms with Crippen LogP contribution in [0.4, 0.5) is 11.4 Å². The zero-order valence-corrected chi connectivity index (χ0v) is 12.9. The number of nitrogens with two attached hydrogens (primary N) is 1. The van der Waals surface area contributed by atoms with E-state index in [9.17, 15) is 8.42 Å². The molecule has 1 heterocycles. The Balaban J connectivity index is 2.49. The van der Waals surface area contributed by atoms with E-state index < -0.39 is 10.0 Å². The fraction of sp³-hybridized carbons (Fsp3) is 0.250. The monoisotopic (exact) mass is 314 g/mol. The van der Waals surface area contributed by atoms with Gasteiger partial charge in [0.1, 0.15) is 4.90 Å². The van der Waals surface area contributed by atoms with E-state index in [-0.39, 0.29) is 9.92 Å². The number of hydrogen-bond acceptors (Lipinski definition) is 4. The predicted octanol–water partition coefficient (Wildman–Crippen LogP) is 2.37. The van der Waals surface area contributed by atoms with Crippen LogP contribution in [0.25, 0.3) is 0 Å². The fourth-order valence-electron chi connectivity index (χ4n) is 1.77. The van der Waals surface area contributed by atoms with Crippen molar-refractivity contribution in [2.45, 2.75) is 25.7 Å². The normalized spacial score (nSPS) is 11.6. The molecule has 1 aromatic carbocycles. The SMILES string of the molecule is Cc1cc(Cl)c(S(=O)(=O)Nc2c(C)n[nH]c2C)cc1N. The van der Waals surface area contributed by atoms with Gasteiger partial charge in [-0.2, -0.15) is 5.10 Å². The van der Waals surface area contributed by atoms with E-state index in [0.29, 0.717) is 22.8 Å². The minimum absolute atomic E-state index is 0.0535. The lowest BCUT2D eigenvalue weighted by Crippen LogP contribution is -2.15. The van der Waals surface area contributed by atoms with Gasteiger partial charge < -0.3 is 5.73 Å². The molecule has 0 aliphatic heterocycles. The number of halogens is 1. The Kier molecular flexibility index (Phi) is 3.66. The number of nitrogens with one attached hydrogen (secondary N) is 2. The summed E-state index contributed by atoms with van der Waals surface area (Å²) >= 11 is 6.01. The highest BCUT2D eigenvalue weighted by Gasteiger charge is 2.21. The average Bonchev–Trinajstić information content (AvgIpc) is 2.65.